The van der Waals surface area contributed by atoms with Crippen molar-refractivity contribution < 1.29 is 14.6 Å². The molecule has 0 heterocycles. The molecule has 9 heteroatoms. The number of rotatable bonds is 10. The minimum Gasteiger partial charge on any atom is -0.399 e. The molecule has 2 aromatic rings. The lowest BCUT2D eigenvalue weighted by atomic mass is 10.2. The third-order valence-corrected chi connectivity index (χ3v) is 4.06. The average molecular weight is 399 g/mol. The van der Waals surface area contributed by atoms with Crippen LogP contribution in [0.15, 0.2) is 60.8 Å². The van der Waals surface area contributed by atoms with Crippen LogP contribution in [0.4, 0.5) is 16.2 Å². The van der Waals surface area contributed by atoms with Crippen molar-refractivity contribution in [1.82, 2.24) is 15.7 Å². The predicted octanol–water partition coefficient (Wildman–Crippen LogP) is 2.94. The molecule has 0 atom stereocenters. The van der Waals surface area contributed by atoms with Crippen molar-refractivity contribution in [3.05, 3.63) is 82.0 Å². The second kappa shape index (κ2) is 10.7. The maximum Gasteiger partial charge on any atom is 0.315 e. The lowest BCUT2D eigenvalue weighted by molar-refractivity contribution is -0.384. The van der Waals surface area contributed by atoms with Crippen LogP contribution in [0.3, 0.4) is 0 Å². The molecule has 0 aliphatic heterocycles. The number of anilines is 1. The highest BCUT2D eigenvalue weighted by molar-refractivity contribution is 5.74. The highest BCUT2D eigenvalue weighted by Crippen LogP contribution is 2.14. The summed E-state index contributed by atoms with van der Waals surface area (Å²) in [4.78, 5) is 27.9. The summed E-state index contributed by atoms with van der Waals surface area (Å²) in [5.74, 6) is 0. The topological polar surface area (TPSA) is 123 Å². The van der Waals surface area contributed by atoms with Gasteiger partial charge in [0.2, 0.25) is 0 Å². The molecule has 2 amide bonds. The van der Waals surface area contributed by atoms with Crippen LogP contribution < -0.4 is 16.4 Å². The number of nitrogens with one attached hydrogen (secondary N) is 2. The van der Waals surface area contributed by atoms with E-state index < -0.39 is 4.92 Å². The van der Waals surface area contributed by atoms with Gasteiger partial charge < -0.3 is 16.4 Å². The van der Waals surface area contributed by atoms with Crippen molar-refractivity contribution in [2.75, 3.05) is 18.8 Å². The molecule has 9 nitrogen and oxygen atoms in total. The Hall–Kier alpha value is -3.59. The summed E-state index contributed by atoms with van der Waals surface area (Å²) in [5.41, 5.74) is 8.64. The molecule has 4 N–H and O–H groups in total. The van der Waals surface area contributed by atoms with E-state index in [2.05, 4.69) is 17.2 Å². The largest absolute Gasteiger partial charge is 0.399 e. The molecule has 154 valence electrons. The van der Waals surface area contributed by atoms with Gasteiger partial charge in [-0.25, -0.2) is 4.79 Å². The summed E-state index contributed by atoms with van der Waals surface area (Å²) >= 11 is 0. The number of nitro groups is 1. The van der Waals surface area contributed by atoms with Crippen molar-refractivity contribution in [1.29, 1.82) is 0 Å². The van der Waals surface area contributed by atoms with E-state index in [1.165, 1.54) is 12.1 Å². The molecule has 2 aromatic carbocycles. The quantitative estimate of drug-likeness (QED) is 0.321. The standard InChI is InChI=1S/C20H25N5O4/c1-3-24(29-14-17-6-10-19(11-7-17)25(27)28)15(2)12-22-20(26)23-13-16-4-8-18(21)9-5-16/h4-11H,2-3,12-14,21H2,1H3,(H2,22,23,26). The SMILES string of the molecule is C=C(CNC(=O)NCc1ccc(N)cc1)N(CC)OCc1ccc([N+](=O)[O-])cc1. The molecule has 0 aromatic heterocycles. The van der Waals surface area contributed by atoms with Crippen LogP contribution >= 0.6 is 0 Å². The molecule has 0 aliphatic rings. The van der Waals surface area contributed by atoms with Crippen LogP contribution in [-0.4, -0.2) is 29.1 Å². The average Bonchev–Trinajstić information content (AvgIpc) is 2.72. The number of amides is 2. The van der Waals surface area contributed by atoms with E-state index in [1.807, 2.05) is 19.1 Å². The van der Waals surface area contributed by atoms with Gasteiger partial charge in [0, 0.05) is 30.9 Å². The maximum atomic E-state index is 12.0. The van der Waals surface area contributed by atoms with E-state index >= 15 is 0 Å². The zero-order chi connectivity index (χ0) is 21.2. The van der Waals surface area contributed by atoms with Gasteiger partial charge >= 0.3 is 6.03 Å². The van der Waals surface area contributed by atoms with Crippen LogP contribution in [-0.2, 0) is 18.0 Å². The van der Waals surface area contributed by atoms with Crippen molar-refractivity contribution in [3.8, 4) is 0 Å². The van der Waals surface area contributed by atoms with Gasteiger partial charge in [-0.3, -0.25) is 20.0 Å². The van der Waals surface area contributed by atoms with Gasteiger partial charge in [-0.05, 0) is 42.3 Å². The first-order valence-corrected chi connectivity index (χ1v) is 9.06. The fourth-order valence-electron chi connectivity index (χ4n) is 2.42. The number of hydroxylamine groups is 2. The van der Waals surface area contributed by atoms with Gasteiger partial charge in [0.1, 0.15) is 0 Å². The second-order valence-corrected chi connectivity index (χ2v) is 6.24. The molecule has 0 bridgehead atoms. The number of nitrogen functional groups attached to an aromatic ring is 1. The summed E-state index contributed by atoms with van der Waals surface area (Å²) in [6, 6.07) is 13.0. The van der Waals surface area contributed by atoms with Gasteiger partial charge in [-0.2, -0.15) is 0 Å². The van der Waals surface area contributed by atoms with Crippen LogP contribution in [0.1, 0.15) is 18.1 Å². The fraction of sp³-hybridized carbons (Fsp3) is 0.250. The van der Waals surface area contributed by atoms with E-state index in [-0.39, 0.29) is 24.9 Å². The number of carbonyl (C=O) groups excluding carboxylic acids is 1. The monoisotopic (exact) mass is 399 g/mol. The summed E-state index contributed by atoms with van der Waals surface area (Å²) in [6.07, 6.45) is 0. The normalized spacial score (nSPS) is 10.2. The minimum absolute atomic E-state index is 0.0275. The Morgan fingerprint density at radius 1 is 1.14 bits per heavy atom. The van der Waals surface area contributed by atoms with Crippen molar-refractivity contribution in [2.45, 2.75) is 20.1 Å². The van der Waals surface area contributed by atoms with Crippen molar-refractivity contribution >= 4 is 17.4 Å². The minimum atomic E-state index is -0.450. The number of nitrogens with two attached hydrogens (primary N) is 1. The highest BCUT2D eigenvalue weighted by Gasteiger charge is 2.10. The number of nitro benzene ring substituents is 1. The Bertz CT molecular complexity index is 837. The van der Waals surface area contributed by atoms with Gasteiger partial charge in [0.25, 0.3) is 5.69 Å². The molecule has 0 spiro atoms. The van der Waals surface area contributed by atoms with E-state index in [4.69, 9.17) is 10.6 Å². The predicted molar refractivity (Wildman–Crippen MR) is 110 cm³/mol. The van der Waals surface area contributed by atoms with Gasteiger partial charge in [0.15, 0.2) is 0 Å². The Morgan fingerprint density at radius 2 is 1.76 bits per heavy atom. The lowest BCUT2D eigenvalue weighted by Gasteiger charge is -2.24. The summed E-state index contributed by atoms with van der Waals surface area (Å²) in [6.45, 7) is 7.17. The molecule has 0 fully saturated rings. The summed E-state index contributed by atoms with van der Waals surface area (Å²) < 4.78 is 0. The van der Waals surface area contributed by atoms with E-state index in [0.717, 1.165) is 11.1 Å². The molecular weight excluding hydrogens is 374 g/mol. The molecule has 29 heavy (non-hydrogen) atoms. The Balaban J connectivity index is 1.74. The number of benzene rings is 2. The molecule has 2 rings (SSSR count). The Kier molecular flexibility index (Phi) is 7.99. The zero-order valence-corrected chi connectivity index (χ0v) is 16.3. The Labute approximate surface area is 169 Å². The van der Waals surface area contributed by atoms with Crippen molar-refractivity contribution in [3.63, 3.8) is 0 Å². The van der Waals surface area contributed by atoms with Crippen molar-refractivity contribution in [2.24, 2.45) is 0 Å². The first-order chi connectivity index (χ1) is 13.9. The smallest absolute Gasteiger partial charge is 0.315 e. The molecule has 0 unspecified atom stereocenters. The van der Waals surface area contributed by atoms with Crippen LogP contribution in [0, 0.1) is 10.1 Å². The Morgan fingerprint density at radius 3 is 2.34 bits per heavy atom. The van der Waals surface area contributed by atoms with Crippen LogP contribution in [0.25, 0.3) is 0 Å². The molecule has 0 saturated heterocycles. The van der Waals surface area contributed by atoms with Crippen LogP contribution in [0.5, 0.6) is 0 Å². The zero-order valence-electron chi connectivity index (χ0n) is 16.3. The van der Waals surface area contributed by atoms with Gasteiger partial charge in [-0.1, -0.05) is 18.7 Å². The summed E-state index contributed by atoms with van der Waals surface area (Å²) in [5, 5.41) is 17.7. The second-order valence-electron chi connectivity index (χ2n) is 6.24. The molecular formula is C20H25N5O4. The third kappa shape index (κ3) is 7.15. The molecule has 0 saturated carbocycles. The molecule has 0 aliphatic carbocycles. The fourth-order valence-corrected chi connectivity index (χ4v) is 2.42. The van der Waals surface area contributed by atoms with E-state index in [9.17, 15) is 14.9 Å². The van der Waals surface area contributed by atoms with Gasteiger partial charge in [-0.15, -0.1) is 0 Å². The van der Waals surface area contributed by atoms with Crippen LogP contribution in [0.2, 0.25) is 0 Å². The number of carbonyl (C=O) groups is 1. The lowest BCUT2D eigenvalue weighted by Crippen LogP contribution is -2.38. The number of hydrogen-bond acceptors (Lipinski definition) is 6. The third-order valence-electron chi connectivity index (χ3n) is 4.06. The maximum absolute atomic E-state index is 12.0. The van der Waals surface area contributed by atoms with E-state index in [0.29, 0.717) is 24.5 Å². The number of non-ortho nitro benzene ring substituents is 1. The first-order valence-electron chi connectivity index (χ1n) is 9.06. The number of urea groups is 1. The number of nitrogens with zero attached hydrogens (tertiary/aromatic N) is 2. The number of hydrogen-bond donors (Lipinski definition) is 3. The highest BCUT2D eigenvalue weighted by atomic mass is 16.7. The molecule has 0 radical (unpaired) electrons. The first kappa shape index (κ1) is 21.7. The van der Waals surface area contributed by atoms with E-state index in [1.54, 1.807) is 29.3 Å². The van der Waals surface area contributed by atoms with Gasteiger partial charge in [0.05, 0.1) is 23.8 Å². The summed E-state index contributed by atoms with van der Waals surface area (Å²) in [7, 11) is 0. The number of likely N-dealkylation sites (N-methyl/N-ethyl adjacent to an activating group) is 1.